The second-order valence-electron chi connectivity index (χ2n) is 6.12. The molecule has 0 N–H and O–H groups in total. The monoisotopic (exact) mass is 294 g/mol. The van der Waals surface area contributed by atoms with E-state index in [1.807, 2.05) is 0 Å². The molecule has 0 fully saturated rings. The Morgan fingerprint density at radius 2 is 1.52 bits per heavy atom. The molecule has 0 radical (unpaired) electrons. The Labute approximate surface area is 135 Å². The summed E-state index contributed by atoms with van der Waals surface area (Å²) in [5.74, 6) is 0. The van der Waals surface area contributed by atoms with Crippen LogP contribution in [0.3, 0.4) is 0 Å². The molecule has 1 aliphatic heterocycles. The Bertz CT molecular complexity index is 1030. The van der Waals surface area contributed by atoms with Gasteiger partial charge in [-0.3, -0.25) is 0 Å². The highest BCUT2D eigenvalue weighted by molar-refractivity contribution is 5.94. The standard InChI is InChI=1S/C22H16N/c1-2-6-16(7-3-1)18-10-11-19-15-23-13-12-17-8-4-5-9-20(17)22(23)21(19)14-18/h1-14H,15H2/q+1. The van der Waals surface area contributed by atoms with Crippen LogP contribution in [-0.4, -0.2) is 0 Å². The lowest BCUT2D eigenvalue weighted by molar-refractivity contribution is -0.671. The van der Waals surface area contributed by atoms with Crippen LogP contribution in [0, 0.1) is 0 Å². The number of rotatable bonds is 1. The molecule has 0 amide bonds. The van der Waals surface area contributed by atoms with Gasteiger partial charge in [0, 0.05) is 11.6 Å². The average molecular weight is 294 g/mol. The minimum atomic E-state index is 0.963. The summed E-state index contributed by atoms with van der Waals surface area (Å²) in [6.07, 6.45) is 2.21. The molecule has 0 saturated carbocycles. The molecular weight excluding hydrogens is 278 g/mol. The summed E-state index contributed by atoms with van der Waals surface area (Å²) in [5.41, 5.74) is 6.67. The molecular formula is C22H16N+. The van der Waals surface area contributed by atoms with Gasteiger partial charge >= 0.3 is 0 Å². The maximum atomic E-state index is 2.36. The lowest BCUT2D eigenvalue weighted by Crippen LogP contribution is -2.31. The van der Waals surface area contributed by atoms with Crippen LogP contribution in [0.4, 0.5) is 0 Å². The molecule has 23 heavy (non-hydrogen) atoms. The summed E-state index contributed by atoms with van der Waals surface area (Å²) in [7, 11) is 0. The molecule has 0 bridgehead atoms. The zero-order chi connectivity index (χ0) is 15.2. The lowest BCUT2D eigenvalue weighted by atomic mass is 9.97. The predicted molar refractivity (Wildman–Crippen MR) is 94.1 cm³/mol. The van der Waals surface area contributed by atoms with E-state index in [9.17, 15) is 0 Å². The van der Waals surface area contributed by atoms with Crippen LogP contribution in [0.2, 0.25) is 0 Å². The average Bonchev–Trinajstić information content (AvgIpc) is 3.00. The normalized spacial score (nSPS) is 12.2. The first kappa shape index (κ1) is 12.6. The van der Waals surface area contributed by atoms with E-state index in [2.05, 4.69) is 89.6 Å². The Morgan fingerprint density at radius 3 is 2.43 bits per heavy atom. The van der Waals surface area contributed by atoms with Crippen LogP contribution in [-0.2, 0) is 6.54 Å². The Morgan fingerprint density at radius 1 is 0.696 bits per heavy atom. The minimum absolute atomic E-state index is 0.963. The SMILES string of the molecule is c1ccc(-c2ccc3c(c2)-c2c4ccccc4cc[n+]2C3)cc1. The first-order valence-corrected chi connectivity index (χ1v) is 8.00. The smallest absolute Gasteiger partial charge is 0.193 e. The third-order valence-electron chi connectivity index (χ3n) is 4.75. The van der Waals surface area contributed by atoms with Crippen LogP contribution < -0.4 is 4.57 Å². The van der Waals surface area contributed by atoms with Crippen LogP contribution in [0.5, 0.6) is 0 Å². The van der Waals surface area contributed by atoms with Crippen molar-refractivity contribution < 1.29 is 4.57 Å². The summed E-state index contributed by atoms with van der Waals surface area (Å²) < 4.78 is 2.36. The van der Waals surface area contributed by atoms with Gasteiger partial charge < -0.3 is 0 Å². The molecule has 0 atom stereocenters. The lowest BCUT2D eigenvalue weighted by Gasteiger charge is -2.04. The van der Waals surface area contributed by atoms with Gasteiger partial charge in [-0.15, -0.1) is 0 Å². The van der Waals surface area contributed by atoms with Gasteiger partial charge in [0.2, 0.25) is 5.69 Å². The van der Waals surface area contributed by atoms with Gasteiger partial charge in [0.25, 0.3) is 0 Å². The largest absolute Gasteiger partial charge is 0.221 e. The van der Waals surface area contributed by atoms with Crippen molar-refractivity contribution in [3.63, 3.8) is 0 Å². The van der Waals surface area contributed by atoms with Crippen molar-refractivity contribution in [1.82, 2.24) is 0 Å². The van der Waals surface area contributed by atoms with Crippen LogP contribution >= 0.6 is 0 Å². The summed E-state index contributed by atoms with van der Waals surface area (Å²) in [5, 5.41) is 2.63. The number of pyridine rings is 1. The van der Waals surface area contributed by atoms with E-state index in [4.69, 9.17) is 0 Å². The topological polar surface area (TPSA) is 3.88 Å². The van der Waals surface area contributed by atoms with E-state index in [0.29, 0.717) is 0 Å². The van der Waals surface area contributed by atoms with E-state index < -0.39 is 0 Å². The number of benzene rings is 3. The maximum Gasteiger partial charge on any atom is 0.221 e. The molecule has 0 spiro atoms. The molecule has 1 nitrogen and oxygen atoms in total. The highest BCUT2D eigenvalue weighted by Crippen LogP contribution is 2.35. The van der Waals surface area contributed by atoms with Crippen LogP contribution in [0.1, 0.15) is 5.56 Å². The summed E-state index contributed by atoms with van der Waals surface area (Å²) in [6, 6.07) is 28.3. The fourth-order valence-electron chi connectivity index (χ4n) is 3.62. The second-order valence-corrected chi connectivity index (χ2v) is 6.12. The summed E-state index contributed by atoms with van der Waals surface area (Å²) in [6.45, 7) is 0.963. The summed E-state index contributed by atoms with van der Waals surface area (Å²) in [4.78, 5) is 0. The van der Waals surface area contributed by atoms with Crippen LogP contribution in [0.25, 0.3) is 33.2 Å². The Kier molecular flexibility index (Phi) is 2.62. The number of hydrogen-bond donors (Lipinski definition) is 0. The fourth-order valence-corrected chi connectivity index (χ4v) is 3.62. The highest BCUT2D eigenvalue weighted by Gasteiger charge is 2.28. The van der Waals surface area contributed by atoms with Crippen molar-refractivity contribution in [2.75, 3.05) is 0 Å². The predicted octanol–water partition coefficient (Wildman–Crippen LogP) is 4.82. The molecule has 0 aliphatic carbocycles. The molecule has 1 heteroatoms. The van der Waals surface area contributed by atoms with Gasteiger partial charge in [-0.05, 0) is 28.6 Å². The van der Waals surface area contributed by atoms with E-state index >= 15 is 0 Å². The van der Waals surface area contributed by atoms with Crippen molar-refractivity contribution in [1.29, 1.82) is 0 Å². The van der Waals surface area contributed by atoms with Crippen molar-refractivity contribution in [3.05, 3.63) is 90.6 Å². The zero-order valence-electron chi connectivity index (χ0n) is 12.7. The Balaban J connectivity index is 1.78. The van der Waals surface area contributed by atoms with Gasteiger partial charge in [0.05, 0.1) is 10.9 Å². The van der Waals surface area contributed by atoms with E-state index in [0.717, 1.165) is 6.54 Å². The first-order chi connectivity index (χ1) is 11.4. The molecule has 108 valence electrons. The molecule has 0 unspecified atom stereocenters. The van der Waals surface area contributed by atoms with E-state index in [1.54, 1.807) is 0 Å². The molecule has 0 saturated heterocycles. The second kappa shape index (κ2) is 4.79. The van der Waals surface area contributed by atoms with Crippen LogP contribution in [0.15, 0.2) is 85.1 Å². The molecule has 2 heterocycles. The molecule has 1 aliphatic rings. The quantitative estimate of drug-likeness (QED) is 0.390. The minimum Gasteiger partial charge on any atom is -0.193 e. The number of hydrogen-bond acceptors (Lipinski definition) is 0. The van der Waals surface area contributed by atoms with Crippen molar-refractivity contribution in [2.45, 2.75) is 6.54 Å². The zero-order valence-corrected chi connectivity index (χ0v) is 12.7. The van der Waals surface area contributed by atoms with E-state index in [-0.39, 0.29) is 0 Å². The third kappa shape index (κ3) is 1.90. The number of nitrogens with zero attached hydrogens (tertiary/aromatic N) is 1. The number of aromatic nitrogens is 1. The summed E-state index contributed by atoms with van der Waals surface area (Å²) >= 11 is 0. The van der Waals surface area contributed by atoms with Gasteiger partial charge in [-0.1, -0.05) is 60.7 Å². The van der Waals surface area contributed by atoms with Gasteiger partial charge in [0.1, 0.15) is 0 Å². The van der Waals surface area contributed by atoms with Crippen molar-refractivity contribution in [2.24, 2.45) is 0 Å². The van der Waals surface area contributed by atoms with Gasteiger partial charge in [-0.2, -0.15) is 4.57 Å². The van der Waals surface area contributed by atoms with Crippen molar-refractivity contribution >= 4 is 10.8 Å². The fraction of sp³-hybridized carbons (Fsp3) is 0.0455. The Hall–Kier alpha value is -2.93. The first-order valence-electron chi connectivity index (χ1n) is 8.00. The number of fused-ring (bicyclic) bond motifs is 5. The third-order valence-corrected chi connectivity index (χ3v) is 4.75. The maximum absolute atomic E-state index is 2.36. The highest BCUT2D eigenvalue weighted by atomic mass is 15.0. The molecule has 5 rings (SSSR count). The van der Waals surface area contributed by atoms with Gasteiger partial charge in [-0.25, -0.2) is 0 Å². The molecule has 3 aromatic carbocycles. The van der Waals surface area contributed by atoms with Gasteiger partial charge in [0.15, 0.2) is 12.7 Å². The molecule has 4 aromatic rings. The molecule has 1 aromatic heterocycles. The van der Waals surface area contributed by atoms with E-state index in [1.165, 1.54) is 38.7 Å². The van der Waals surface area contributed by atoms with Crippen molar-refractivity contribution in [3.8, 4) is 22.4 Å².